The van der Waals surface area contributed by atoms with Crippen molar-refractivity contribution in [2.45, 2.75) is 17.9 Å². The zero-order chi connectivity index (χ0) is 13.8. The molecule has 0 aromatic carbocycles. The number of anilines is 1. The minimum absolute atomic E-state index is 0.0861. The first kappa shape index (κ1) is 15.2. The summed E-state index contributed by atoms with van der Waals surface area (Å²) in [6.07, 6.45) is 4.72. The molecule has 18 heavy (non-hydrogen) atoms. The Balaban J connectivity index is 3.13. The number of hydrogen-bond donors (Lipinski definition) is 2. The van der Waals surface area contributed by atoms with E-state index in [1.165, 1.54) is 22.8 Å². The summed E-state index contributed by atoms with van der Waals surface area (Å²) in [5.74, 6) is 6.04. The summed E-state index contributed by atoms with van der Waals surface area (Å²) >= 11 is 1.60. The number of nitrogens with two attached hydrogens (primary N) is 1. The van der Waals surface area contributed by atoms with Gasteiger partial charge in [-0.1, -0.05) is 0 Å². The molecule has 0 amide bonds. The van der Waals surface area contributed by atoms with E-state index in [1.54, 1.807) is 18.8 Å². The first-order valence-corrected chi connectivity index (χ1v) is 8.16. The third kappa shape index (κ3) is 3.14. The molecule has 1 aromatic heterocycles. The molecule has 0 spiro atoms. The highest BCUT2D eigenvalue weighted by molar-refractivity contribution is 7.98. The van der Waals surface area contributed by atoms with Gasteiger partial charge in [-0.15, -0.1) is 0 Å². The third-order valence-electron chi connectivity index (χ3n) is 2.63. The molecule has 6 nitrogen and oxygen atoms in total. The van der Waals surface area contributed by atoms with Crippen molar-refractivity contribution in [3.63, 3.8) is 0 Å². The van der Waals surface area contributed by atoms with Crippen LogP contribution in [0.2, 0.25) is 0 Å². The minimum atomic E-state index is -3.59. The maximum absolute atomic E-state index is 12.4. The van der Waals surface area contributed by atoms with Crippen molar-refractivity contribution in [2.24, 2.45) is 5.84 Å². The van der Waals surface area contributed by atoms with E-state index in [9.17, 15) is 8.42 Å². The van der Waals surface area contributed by atoms with Gasteiger partial charge >= 0.3 is 0 Å². The van der Waals surface area contributed by atoms with Gasteiger partial charge in [0.2, 0.25) is 10.0 Å². The van der Waals surface area contributed by atoms with Gasteiger partial charge in [-0.3, -0.25) is 10.8 Å². The Morgan fingerprint density at radius 1 is 1.61 bits per heavy atom. The topological polar surface area (TPSA) is 88.3 Å². The van der Waals surface area contributed by atoms with E-state index in [-0.39, 0.29) is 10.9 Å². The van der Waals surface area contributed by atoms with Crippen molar-refractivity contribution >= 4 is 27.5 Å². The van der Waals surface area contributed by atoms with Gasteiger partial charge in [0.25, 0.3) is 0 Å². The van der Waals surface area contributed by atoms with Crippen LogP contribution in [0, 0.1) is 0 Å². The van der Waals surface area contributed by atoms with Gasteiger partial charge < -0.3 is 5.43 Å². The summed E-state index contributed by atoms with van der Waals surface area (Å²) in [4.78, 5) is 3.93. The highest BCUT2D eigenvalue weighted by Crippen LogP contribution is 2.23. The highest BCUT2D eigenvalue weighted by atomic mass is 32.2. The molecule has 102 valence electrons. The number of thioether (sulfide) groups is 1. The lowest BCUT2D eigenvalue weighted by atomic mass is 10.4. The number of pyridine rings is 1. The van der Waals surface area contributed by atoms with E-state index >= 15 is 0 Å². The Bertz CT molecular complexity index is 492. The Morgan fingerprint density at radius 3 is 2.83 bits per heavy atom. The van der Waals surface area contributed by atoms with Crippen LogP contribution in [0.15, 0.2) is 23.4 Å². The third-order valence-corrected chi connectivity index (χ3v) is 5.44. The van der Waals surface area contributed by atoms with Gasteiger partial charge in [-0.05, 0) is 19.2 Å². The van der Waals surface area contributed by atoms with E-state index < -0.39 is 10.0 Å². The minimum Gasteiger partial charge on any atom is -0.323 e. The van der Waals surface area contributed by atoms with Gasteiger partial charge in [0, 0.05) is 31.2 Å². The van der Waals surface area contributed by atoms with Crippen LogP contribution in [0.4, 0.5) is 5.69 Å². The molecule has 0 saturated carbocycles. The maximum Gasteiger partial charge on any atom is 0.246 e. The molecular formula is C10H18N4O2S2. The molecule has 1 unspecified atom stereocenters. The number of nitrogens with zero attached hydrogens (tertiary/aromatic N) is 2. The lowest BCUT2D eigenvalue weighted by Gasteiger charge is -2.24. The predicted molar refractivity (Wildman–Crippen MR) is 74.8 cm³/mol. The van der Waals surface area contributed by atoms with Gasteiger partial charge in [-0.25, -0.2) is 8.42 Å². The van der Waals surface area contributed by atoms with Crippen LogP contribution in [-0.2, 0) is 10.0 Å². The molecule has 0 bridgehead atoms. The lowest BCUT2D eigenvalue weighted by molar-refractivity contribution is 0.415. The SMILES string of the molecule is CSCC(C)N(C)S(=O)(=O)c1cnccc1NN. The fourth-order valence-corrected chi connectivity index (χ4v) is 3.70. The number of hydrogen-bond acceptors (Lipinski definition) is 6. The van der Waals surface area contributed by atoms with Crippen LogP contribution in [0.5, 0.6) is 0 Å². The standard InChI is InChI=1S/C10H18N4O2S2/c1-8(7-17-3)14(2)18(15,16)10-6-12-5-4-9(10)13-11/h4-6,8H,7,11H2,1-3H3,(H,12,13). The number of nitrogens with one attached hydrogen (secondary N) is 1. The lowest BCUT2D eigenvalue weighted by Crippen LogP contribution is -2.37. The summed E-state index contributed by atoms with van der Waals surface area (Å²) in [6, 6.07) is 1.43. The summed E-state index contributed by atoms with van der Waals surface area (Å²) < 4.78 is 26.2. The molecule has 8 heteroatoms. The molecule has 1 atom stereocenters. The second-order valence-corrected chi connectivity index (χ2v) is 6.72. The van der Waals surface area contributed by atoms with Crippen molar-refractivity contribution in [1.82, 2.24) is 9.29 Å². The smallest absolute Gasteiger partial charge is 0.246 e. The van der Waals surface area contributed by atoms with E-state index in [0.717, 1.165) is 5.75 Å². The van der Waals surface area contributed by atoms with Crippen LogP contribution in [0.1, 0.15) is 6.92 Å². The predicted octanol–water partition coefficient (Wildman–Crippen LogP) is 0.739. The molecule has 0 aliphatic heterocycles. The monoisotopic (exact) mass is 290 g/mol. The van der Waals surface area contributed by atoms with Gasteiger partial charge in [0.15, 0.2) is 0 Å². The van der Waals surface area contributed by atoms with E-state index in [0.29, 0.717) is 5.69 Å². The second-order valence-electron chi connectivity index (χ2n) is 3.84. The maximum atomic E-state index is 12.4. The summed E-state index contributed by atoms with van der Waals surface area (Å²) in [5, 5.41) is 0. The van der Waals surface area contributed by atoms with E-state index in [1.807, 2.05) is 13.2 Å². The largest absolute Gasteiger partial charge is 0.323 e. The van der Waals surface area contributed by atoms with Crippen molar-refractivity contribution in [2.75, 3.05) is 24.5 Å². The Morgan fingerprint density at radius 2 is 2.28 bits per heavy atom. The Kier molecular flexibility index (Phi) is 5.39. The molecule has 3 N–H and O–H groups in total. The summed E-state index contributed by atoms with van der Waals surface area (Å²) in [7, 11) is -2.03. The van der Waals surface area contributed by atoms with Gasteiger partial charge in [0.1, 0.15) is 4.90 Å². The number of hydrazine groups is 1. The molecule has 0 fully saturated rings. The zero-order valence-corrected chi connectivity index (χ0v) is 12.3. The van der Waals surface area contributed by atoms with Gasteiger partial charge in [-0.2, -0.15) is 16.1 Å². The molecule has 0 radical (unpaired) electrons. The van der Waals surface area contributed by atoms with Crippen LogP contribution >= 0.6 is 11.8 Å². The fourth-order valence-electron chi connectivity index (χ4n) is 1.44. The van der Waals surface area contributed by atoms with E-state index in [2.05, 4.69) is 10.4 Å². The first-order valence-electron chi connectivity index (χ1n) is 5.32. The van der Waals surface area contributed by atoms with Crippen LogP contribution < -0.4 is 11.3 Å². The number of aromatic nitrogens is 1. The van der Waals surface area contributed by atoms with Crippen molar-refractivity contribution in [3.8, 4) is 0 Å². The quantitative estimate of drug-likeness (QED) is 0.593. The summed E-state index contributed by atoms with van der Waals surface area (Å²) in [6.45, 7) is 1.86. The van der Waals surface area contributed by atoms with E-state index in [4.69, 9.17) is 5.84 Å². The van der Waals surface area contributed by atoms with Crippen molar-refractivity contribution < 1.29 is 8.42 Å². The van der Waals surface area contributed by atoms with Crippen LogP contribution in [-0.4, -0.2) is 42.8 Å². The molecule has 1 aromatic rings. The zero-order valence-electron chi connectivity index (χ0n) is 10.6. The average molecular weight is 290 g/mol. The van der Waals surface area contributed by atoms with Crippen LogP contribution in [0.3, 0.4) is 0 Å². The molecular weight excluding hydrogens is 272 g/mol. The molecule has 1 rings (SSSR count). The number of rotatable bonds is 6. The second kappa shape index (κ2) is 6.37. The fraction of sp³-hybridized carbons (Fsp3) is 0.500. The molecule has 1 heterocycles. The average Bonchev–Trinajstić information content (AvgIpc) is 2.38. The number of sulfonamides is 1. The Hall–Kier alpha value is -0.830. The molecule has 0 saturated heterocycles. The molecule has 0 aliphatic carbocycles. The highest BCUT2D eigenvalue weighted by Gasteiger charge is 2.27. The summed E-state index contributed by atoms with van der Waals surface area (Å²) in [5.41, 5.74) is 2.72. The van der Waals surface area contributed by atoms with Crippen molar-refractivity contribution in [3.05, 3.63) is 18.5 Å². The molecule has 0 aliphatic rings. The van der Waals surface area contributed by atoms with Gasteiger partial charge in [0.05, 0.1) is 5.69 Å². The Labute approximate surface area is 112 Å². The van der Waals surface area contributed by atoms with Crippen LogP contribution in [0.25, 0.3) is 0 Å². The normalized spacial score (nSPS) is 13.6. The number of nitrogen functional groups attached to an aromatic ring is 1. The first-order chi connectivity index (χ1) is 8.45. The van der Waals surface area contributed by atoms with Crippen molar-refractivity contribution in [1.29, 1.82) is 0 Å².